The van der Waals surface area contributed by atoms with Crippen molar-refractivity contribution in [2.45, 2.75) is 24.9 Å². The topological polar surface area (TPSA) is 80.5 Å². The number of carbonyl (C=O) groups excluding carboxylic acids is 1. The number of rotatable bonds is 5. The third-order valence-electron chi connectivity index (χ3n) is 4.83. The van der Waals surface area contributed by atoms with Crippen LogP contribution in [0.25, 0.3) is 0 Å². The zero-order valence-electron chi connectivity index (χ0n) is 14.8. The van der Waals surface area contributed by atoms with E-state index in [1.54, 1.807) is 4.90 Å². The minimum atomic E-state index is -3.14. The second-order valence-corrected chi connectivity index (χ2v) is 9.17. The summed E-state index contributed by atoms with van der Waals surface area (Å²) in [6.45, 7) is 1.05. The maximum Gasteiger partial charge on any atom is 0.239 e. The fourth-order valence-corrected chi connectivity index (χ4v) is 4.13. The molecule has 0 radical (unpaired) electrons. The lowest BCUT2D eigenvalue weighted by Crippen LogP contribution is -2.47. The third-order valence-corrected chi connectivity index (χ3v) is 5.80. The Morgan fingerprint density at radius 2 is 1.81 bits per heavy atom. The van der Waals surface area contributed by atoms with Crippen LogP contribution in [-0.4, -0.2) is 43.8 Å². The Morgan fingerprint density at radius 1 is 1.15 bits per heavy atom. The molecule has 6 heteroatoms. The van der Waals surface area contributed by atoms with Crippen LogP contribution in [0.4, 0.5) is 0 Å². The van der Waals surface area contributed by atoms with E-state index in [0.29, 0.717) is 13.1 Å². The van der Waals surface area contributed by atoms with Crippen molar-refractivity contribution in [1.29, 1.82) is 0 Å². The van der Waals surface area contributed by atoms with Crippen LogP contribution in [0.15, 0.2) is 54.6 Å². The minimum Gasteiger partial charge on any atom is -0.336 e. The van der Waals surface area contributed by atoms with Gasteiger partial charge in [-0.2, -0.15) is 0 Å². The van der Waals surface area contributed by atoms with Gasteiger partial charge in [0.15, 0.2) is 0 Å². The molecule has 138 valence electrons. The lowest BCUT2D eigenvalue weighted by Gasteiger charge is -2.36. The summed E-state index contributed by atoms with van der Waals surface area (Å²) in [5.41, 5.74) is 9.50. The summed E-state index contributed by atoms with van der Waals surface area (Å²) in [7, 11) is -3.14. The van der Waals surface area contributed by atoms with E-state index in [-0.39, 0.29) is 24.0 Å². The number of sulfone groups is 1. The fourth-order valence-electron chi connectivity index (χ4n) is 3.44. The van der Waals surface area contributed by atoms with Gasteiger partial charge in [-0.1, -0.05) is 54.6 Å². The van der Waals surface area contributed by atoms with Crippen molar-refractivity contribution in [1.82, 2.24) is 4.90 Å². The molecule has 1 aliphatic rings. The van der Waals surface area contributed by atoms with Gasteiger partial charge in [-0.25, -0.2) is 8.42 Å². The molecule has 2 unspecified atom stereocenters. The molecule has 0 aromatic heterocycles. The van der Waals surface area contributed by atoms with Crippen molar-refractivity contribution in [3.63, 3.8) is 0 Å². The van der Waals surface area contributed by atoms with Gasteiger partial charge >= 0.3 is 0 Å². The Balaban J connectivity index is 1.83. The highest BCUT2D eigenvalue weighted by atomic mass is 32.2. The quantitative estimate of drug-likeness (QED) is 0.870. The molecule has 0 aliphatic carbocycles. The Kier molecular flexibility index (Phi) is 5.44. The number of nitrogens with two attached hydrogens (primary N) is 1. The average Bonchev–Trinajstić information content (AvgIpc) is 2.64. The van der Waals surface area contributed by atoms with Gasteiger partial charge in [0, 0.05) is 25.3 Å². The zero-order chi connectivity index (χ0) is 18.7. The van der Waals surface area contributed by atoms with Gasteiger partial charge < -0.3 is 10.6 Å². The normalized spacial score (nSPS) is 18.2. The Hall–Kier alpha value is -2.18. The van der Waals surface area contributed by atoms with Crippen LogP contribution in [0, 0.1) is 0 Å². The molecule has 0 fully saturated rings. The van der Waals surface area contributed by atoms with E-state index in [9.17, 15) is 13.2 Å². The van der Waals surface area contributed by atoms with E-state index in [1.807, 2.05) is 36.4 Å². The Labute approximate surface area is 154 Å². The molecule has 26 heavy (non-hydrogen) atoms. The van der Waals surface area contributed by atoms with Crippen molar-refractivity contribution in [2.75, 3.05) is 18.6 Å². The predicted octanol–water partition coefficient (Wildman–Crippen LogP) is 1.92. The molecule has 1 amide bonds. The van der Waals surface area contributed by atoms with Crippen molar-refractivity contribution >= 4 is 15.7 Å². The van der Waals surface area contributed by atoms with E-state index in [2.05, 4.69) is 18.2 Å². The summed E-state index contributed by atoms with van der Waals surface area (Å²) in [6, 6.07) is 17.4. The summed E-state index contributed by atoms with van der Waals surface area (Å²) in [5, 5.41) is 0. The first-order valence-electron chi connectivity index (χ1n) is 8.70. The van der Waals surface area contributed by atoms with E-state index in [4.69, 9.17) is 5.73 Å². The maximum atomic E-state index is 12.8. The van der Waals surface area contributed by atoms with Crippen LogP contribution >= 0.6 is 0 Å². The van der Waals surface area contributed by atoms with E-state index < -0.39 is 15.9 Å². The van der Waals surface area contributed by atoms with Crippen LogP contribution < -0.4 is 5.73 Å². The molecule has 0 spiro atoms. The summed E-state index contributed by atoms with van der Waals surface area (Å²) < 4.78 is 22.7. The second-order valence-electron chi connectivity index (χ2n) is 6.91. The van der Waals surface area contributed by atoms with Gasteiger partial charge in [0.1, 0.15) is 9.84 Å². The molecule has 5 nitrogen and oxygen atoms in total. The molecule has 2 N–H and O–H groups in total. The van der Waals surface area contributed by atoms with Gasteiger partial charge in [-0.3, -0.25) is 4.79 Å². The third kappa shape index (κ3) is 4.31. The molecular weight excluding hydrogens is 348 g/mol. The number of fused-ring (bicyclic) bond motifs is 1. The van der Waals surface area contributed by atoms with Crippen LogP contribution in [-0.2, 0) is 21.2 Å². The summed E-state index contributed by atoms with van der Waals surface area (Å²) in [4.78, 5) is 14.6. The van der Waals surface area contributed by atoms with E-state index in [0.717, 1.165) is 17.4 Å². The zero-order valence-corrected chi connectivity index (χ0v) is 15.7. The summed E-state index contributed by atoms with van der Waals surface area (Å²) >= 11 is 0. The lowest BCUT2D eigenvalue weighted by atomic mass is 9.84. The van der Waals surface area contributed by atoms with Crippen molar-refractivity contribution in [2.24, 2.45) is 5.73 Å². The molecular formula is C20H24N2O3S. The maximum absolute atomic E-state index is 12.8. The van der Waals surface area contributed by atoms with E-state index >= 15 is 0 Å². The van der Waals surface area contributed by atoms with Gasteiger partial charge in [-0.05, 0) is 23.1 Å². The van der Waals surface area contributed by atoms with Crippen molar-refractivity contribution in [3.8, 4) is 0 Å². The van der Waals surface area contributed by atoms with Gasteiger partial charge in [0.05, 0.1) is 11.8 Å². The van der Waals surface area contributed by atoms with Crippen LogP contribution in [0.5, 0.6) is 0 Å². The number of benzene rings is 2. The van der Waals surface area contributed by atoms with Gasteiger partial charge in [0.25, 0.3) is 0 Å². The SMILES string of the molecule is CS(=O)(=O)CCC(N)C(=O)N1Cc2ccccc2C(c2ccccc2)C1. The highest BCUT2D eigenvalue weighted by molar-refractivity contribution is 7.90. The minimum absolute atomic E-state index is 0.0769. The molecule has 2 atom stereocenters. The highest BCUT2D eigenvalue weighted by Gasteiger charge is 2.31. The molecule has 2 aromatic rings. The first-order valence-corrected chi connectivity index (χ1v) is 10.8. The van der Waals surface area contributed by atoms with Gasteiger partial charge in [0.2, 0.25) is 5.91 Å². The molecule has 3 rings (SSSR count). The number of hydrogen-bond donors (Lipinski definition) is 1. The smallest absolute Gasteiger partial charge is 0.239 e. The first-order chi connectivity index (χ1) is 12.3. The number of amides is 1. The lowest BCUT2D eigenvalue weighted by molar-refractivity contribution is -0.133. The van der Waals surface area contributed by atoms with Crippen LogP contribution in [0.1, 0.15) is 29.0 Å². The van der Waals surface area contributed by atoms with Crippen LogP contribution in [0.3, 0.4) is 0 Å². The standard InChI is InChI=1S/C20H24N2O3S/c1-26(24,25)12-11-19(21)20(23)22-13-16-9-5-6-10-17(16)18(14-22)15-7-3-2-4-8-15/h2-10,18-19H,11-14,21H2,1H3. The molecule has 1 heterocycles. The molecule has 0 bridgehead atoms. The van der Waals surface area contributed by atoms with Gasteiger partial charge in [-0.15, -0.1) is 0 Å². The number of carbonyl (C=O) groups is 1. The molecule has 0 saturated carbocycles. The van der Waals surface area contributed by atoms with Crippen LogP contribution in [0.2, 0.25) is 0 Å². The second kappa shape index (κ2) is 7.60. The Morgan fingerprint density at radius 3 is 2.50 bits per heavy atom. The Bertz CT molecular complexity index is 881. The van der Waals surface area contributed by atoms with E-state index in [1.165, 1.54) is 5.56 Å². The molecule has 2 aromatic carbocycles. The summed E-state index contributed by atoms with van der Waals surface area (Å²) in [6.07, 6.45) is 1.30. The number of nitrogens with zero attached hydrogens (tertiary/aromatic N) is 1. The highest BCUT2D eigenvalue weighted by Crippen LogP contribution is 2.33. The summed E-state index contributed by atoms with van der Waals surface area (Å²) in [5.74, 6) is -0.178. The molecule has 1 aliphatic heterocycles. The largest absolute Gasteiger partial charge is 0.336 e. The monoisotopic (exact) mass is 372 g/mol. The molecule has 0 saturated heterocycles. The predicted molar refractivity (Wildman–Crippen MR) is 102 cm³/mol. The fraction of sp³-hybridized carbons (Fsp3) is 0.350. The van der Waals surface area contributed by atoms with Crippen molar-refractivity contribution < 1.29 is 13.2 Å². The number of hydrogen-bond acceptors (Lipinski definition) is 4. The average molecular weight is 372 g/mol. The van der Waals surface area contributed by atoms with Crippen molar-refractivity contribution in [3.05, 3.63) is 71.3 Å². The first kappa shape index (κ1) is 18.6.